The van der Waals surface area contributed by atoms with Gasteiger partial charge in [0.15, 0.2) is 0 Å². The molecule has 1 amide bonds. The van der Waals surface area contributed by atoms with Crippen molar-refractivity contribution in [3.63, 3.8) is 0 Å². The number of nitrogens with zero attached hydrogens (tertiary/aromatic N) is 2. The Morgan fingerprint density at radius 1 is 1.58 bits per heavy atom. The van der Waals surface area contributed by atoms with Gasteiger partial charge in [-0.25, -0.2) is 4.79 Å². The van der Waals surface area contributed by atoms with E-state index in [1.807, 2.05) is 40.2 Å². The number of amides is 1. The van der Waals surface area contributed by atoms with Crippen LogP contribution in [0.25, 0.3) is 0 Å². The zero-order valence-electron chi connectivity index (χ0n) is 11.9. The third-order valence-corrected chi connectivity index (χ3v) is 3.01. The molecule has 0 saturated carbocycles. The van der Waals surface area contributed by atoms with Crippen LogP contribution in [0.2, 0.25) is 0 Å². The number of hydrogen-bond acceptors (Lipinski definition) is 4. The quantitative estimate of drug-likeness (QED) is 0.848. The number of carbonyl (C=O) groups is 1. The maximum absolute atomic E-state index is 11.8. The van der Waals surface area contributed by atoms with Crippen LogP contribution in [-0.2, 0) is 11.8 Å². The molecule has 2 rings (SSSR count). The van der Waals surface area contributed by atoms with E-state index in [9.17, 15) is 4.79 Å². The number of ether oxygens (including phenoxy) is 1. The maximum atomic E-state index is 11.8. The van der Waals surface area contributed by atoms with Gasteiger partial charge in [0.1, 0.15) is 5.60 Å². The highest BCUT2D eigenvalue weighted by molar-refractivity contribution is 5.68. The van der Waals surface area contributed by atoms with Crippen LogP contribution < -0.4 is 10.6 Å². The van der Waals surface area contributed by atoms with Gasteiger partial charge >= 0.3 is 6.09 Å². The Morgan fingerprint density at radius 3 is 2.89 bits per heavy atom. The molecular formula is C13H22N4O2. The number of aromatic nitrogens is 2. The molecule has 0 aromatic carbocycles. The molecule has 2 heterocycles. The van der Waals surface area contributed by atoms with Gasteiger partial charge in [0.25, 0.3) is 0 Å². The highest BCUT2D eigenvalue weighted by atomic mass is 16.6. The van der Waals surface area contributed by atoms with Crippen LogP contribution in [0.5, 0.6) is 0 Å². The summed E-state index contributed by atoms with van der Waals surface area (Å²) in [5.41, 5.74) is 0.612. The zero-order valence-corrected chi connectivity index (χ0v) is 11.9. The average molecular weight is 266 g/mol. The number of nitrogens with one attached hydrogen (secondary N) is 2. The van der Waals surface area contributed by atoms with Crippen molar-refractivity contribution in [2.24, 2.45) is 7.05 Å². The van der Waals surface area contributed by atoms with Crippen LogP contribution in [0.1, 0.15) is 38.8 Å². The summed E-state index contributed by atoms with van der Waals surface area (Å²) in [4.78, 5) is 11.8. The minimum atomic E-state index is -0.472. The minimum Gasteiger partial charge on any atom is -0.444 e. The van der Waals surface area contributed by atoms with E-state index in [0.29, 0.717) is 0 Å². The molecule has 0 aliphatic carbocycles. The minimum absolute atomic E-state index is 0.0408. The van der Waals surface area contributed by atoms with Crippen LogP contribution in [0, 0.1) is 0 Å². The van der Waals surface area contributed by atoms with E-state index in [2.05, 4.69) is 15.7 Å². The van der Waals surface area contributed by atoms with Crippen molar-refractivity contribution < 1.29 is 9.53 Å². The predicted molar refractivity (Wildman–Crippen MR) is 71.7 cm³/mol. The standard InChI is InChI=1S/C13H22N4O2/c1-13(2,3)19-12(18)16-10-5-6-14-11(10)9-7-15-17(4)8-9/h7-8,10-11,14H,5-6H2,1-4H3,(H,16,18)/t10-,11+/m1/s1. The van der Waals surface area contributed by atoms with Gasteiger partial charge in [0.05, 0.1) is 18.3 Å². The average Bonchev–Trinajstić information content (AvgIpc) is 2.83. The predicted octanol–water partition coefficient (Wildman–Crippen LogP) is 1.35. The summed E-state index contributed by atoms with van der Waals surface area (Å²) in [7, 11) is 1.88. The van der Waals surface area contributed by atoms with Crippen molar-refractivity contribution in [3.8, 4) is 0 Å². The molecule has 106 valence electrons. The lowest BCUT2D eigenvalue weighted by molar-refractivity contribution is 0.0500. The number of alkyl carbamates (subject to hydrolysis) is 1. The fraction of sp³-hybridized carbons (Fsp3) is 0.692. The van der Waals surface area contributed by atoms with Gasteiger partial charge in [0, 0.05) is 18.8 Å². The molecule has 0 radical (unpaired) electrons. The Hall–Kier alpha value is -1.56. The second-order valence-corrected chi connectivity index (χ2v) is 5.92. The second-order valence-electron chi connectivity index (χ2n) is 5.92. The topological polar surface area (TPSA) is 68.2 Å². The lowest BCUT2D eigenvalue weighted by Crippen LogP contribution is -2.41. The number of rotatable bonds is 2. The van der Waals surface area contributed by atoms with Gasteiger partial charge in [-0.15, -0.1) is 0 Å². The van der Waals surface area contributed by atoms with Gasteiger partial charge in [-0.1, -0.05) is 0 Å². The van der Waals surface area contributed by atoms with Crippen molar-refractivity contribution >= 4 is 6.09 Å². The number of hydrogen-bond donors (Lipinski definition) is 2. The van der Waals surface area contributed by atoms with Crippen molar-refractivity contribution in [1.29, 1.82) is 0 Å². The van der Waals surface area contributed by atoms with E-state index in [-0.39, 0.29) is 18.2 Å². The molecule has 19 heavy (non-hydrogen) atoms. The highest BCUT2D eigenvalue weighted by Crippen LogP contribution is 2.23. The van der Waals surface area contributed by atoms with E-state index in [0.717, 1.165) is 18.5 Å². The molecule has 1 saturated heterocycles. The lowest BCUT2D eigenvalue weighted by atomic mass is 10.0. The molecule has 2 N–H and O–H groups in total. The Kier molecular flexibility index (Phi) is 3.80. The molecule has 2 atom stereocenters. The summed E-state index contributed by atoms with van der Waals surface area (Å²) in [6.07, 6.45) is 4.31. The van der Waals surface area contributed by atoms with Crippen LogP contribution in [0.3, 0.4) is 0 Å². The molecule has 0 bridgehead atoms. The summed E-state index contributed by atoms with van der Waals surface area (Å²) in [6, 6.07) is 0.139. The summed E-state index contributed by atoms with van der Waals surface area (Å²) in [5.74, 6) is 0. The fourth-order valence-corrected chi connectivity index (χ4v) is 2.27. The van der Waals surface area contributed by atoms with Crippen molar-refractivity contribution in [2.45, 2.75) is 44.9 Å². The van der Waals surface area contributed by atoms with Crippen LogP contribution in [-0.4, -0.2) is 34.1 Å². The van der Waals surface area contributed by atoms with E-state index >= 15 is 0 Å². The molecule has 1 aromatic heterocycles. The van der Waals surface area contributed by atoms with E-state index in [4.69, 9.17) is 4.74 Å². The third kappa shape index (κ3) is 3.70. The fourth-order valence-electron chi connectivity index (χ4n) is 2.27. The van der Waals surface area contributed by atoms with Gasteiger partial charge in [-0.2, -0.15) is 5.10 Å². The van der Waals surface area contributed by atoms with Crippen molar-refractivity contribution in [1.82, 2.24) is 20.4 Å². The molecule has 0 spiro atoms. The third-order valence-electron chi connectivity index (χ3n) is 3.01. The maximum Gasteiger partial charge on any atom is 0.407 e. The molecule has 1 aliphatic heterocycles. The van der Waals surface area contributed by atoms with Gasteiger partial charge in [-0.05, 0) is 33.7 Å². The molecular weight excluding hydrogens is 244 g/mol. The molecule has 1 fully saturated rings. The van der Waals surface area contributed by atoms with E-state index in [1.165, 1.54) is 0 Å². The first kappa shape index (κ1) is 13.9. The SMILES string of the molecule is Cn1cc([C@@H]2NCC[C@H]2NC(=O)OC(C)(C)C)cn1. The van der Waals surface area contributed by atoms with E-state index in [1.54, 1.807) is 4.68 Å². The van der Waals surface area contributed by atoms with Gasteiger partial charge in [0.2, 0.25) is 0 Å². The first-order valence-electron chi connectivity index (χ1n) is 6.56. The Morgan fingerprint density at radius 2 is 2.32 bits per heavy atom. The first-order chi connectivity index (χ1) is 8.85. The van der Waals surface area contributed by atoms with Crippen molar-refractivity contribution in [3.05, 3.63) is 18.0 Å². The van der Waals surface area contributed by atoms with Gasteiger partial charge < -0.3 is 15.4 Å². The van der Waals surface area contributed by atoms with Crippen molar-refractivity contribution in [2.75, 3.05) is 6.54 Å². The normalized spacial score (nSPS) is 23.4. The first-order valence-corrected chi connectivity index (χ1v) is 6.56. The Balaban J connectivity index is 1.98. The Labute approximate surface area is 113 Å². The Bertz CT molecular complexity index is 450. The van der Waals surface area contributed by atoms with Gasteiger partial charge in [-0.3, -0.25) is 4.68 Å². The number of carbonyl (C=O) groups excluding carboxylic acids is 1. The zero-order chi connectivity index (χ0) is 14.0. The summed E-state index contributed by atoms with van der Waals surface area (Å²) < 4.78 is 7.05. The van der Waals surface area contributed by atoms with Crippen LogP contribution >= 0.6 is 0 Å². The molecule has 1 aliphatic rings. The largest absolute Gasteiger partial charge is 0.444 e. The molecule has 1 aromatic rings. The monoisotopic (exact) mass is 266 g/mol. The molecule has 0 unspecified atom stereocenters. The van der Waals surface area contributed by atoms with E-state index < -0.39 is 5.60 Å². The smallest absolute Gasteiger partial charge is 0.407 e. The molecule has 6 nitrogen and oxygen atoms in total. The summed E-state index contributed by atoms with van der Waals surface area (Å²) in [6.45, 7) is 6.45. The summed E-state index contributed by atoms with van der Waals surface area (Å²) >= 11 is 0. The molecule has 6 heteroatoms. The summed E-state index contributed by atoms with van der Waals surface area (Å²) in [5, 5.41) is 10.5. The lowest BCUT2D eigenvalue weighted by Gasteiger charge is -2.24. The van der Waals surface area contributed by atoms with Crippen LogP contribution in [0.4, 0.5) is 4.79 Å². The second kappa shape index (κ2) is 5.21. The number of aryl methyl sites for hydroxylation is 1. The van der Waals surface area contributed by atoms with Crippen LogP contribution in [0.15, 0.2) is 12.4 Å². The highest BCUT2D eigenvalue weighted by Gasteiger charge is 2.31.